The van der Waals surface area contributed by atoms with Gasteiger partial charge in [0.2, 0.25) is 0 Å². The molecule has 31 heavy (non-hydrogen) atoms. The van der Waals surface area contributed by atoms with Crippen molar-refractivity contribution in [2.24, 2.45) is 0 Å². The molecule has 7 nitrogen and oxygen atoms in total. The number of hydrogen-bond acceptors (Lipinski definition) is 6. The van der Waals surface area contributed by atoms with Gasteiger partial charge in [-0.25, -0.2) is 4.79 Å². The molecule has 154 valence electrons. The average molecular weight is 414 g/mol. The van der Waals surface area contributed by atoms with Crippen LogP contribution in [0.3, 0.4) is 0 Å². The van der Waals surface area contributed by atoms with Crippen LogP contribution in [0.4, 0.5) is 5.69 Å². The van der Waals surface area contributed by atoms with Crippen LogP contribution in [0.1, 0.15) is 21.5 Å². The highest BCUT2D eigenvalue weighted by Crippen LogP contribution is 2.19. The van der Waals surface area contributed by atoms with Gasteiger partial charge >= 0.3 is 5.97 Å². The molecule has 0 aromatic heterocycles. The fourth-order valence-electron chi connectivity index (χ4n) is 2.68. The van der Waals surface area contributed by atoms with Crippen molar-refractivity contribution in [3.05, 3.63) is 95.6 Å². The van der Waals surface area contributed by atoms with Gasteiger partial charge in [-0.2, -0.15) is 5.26 Å². The predicted molar refractivity (Wildman–Crippen MR) is 113 cm³/mol. The molecule has 1 N–H and O–H groups in total. The highest BCUT2D eigenvalue weighted by atomic mass is 16.6. The van der Waals surface area contributed by atoms with Crippen LogP contribution >= 0.6 is 0 Å². The molecular formula is C24H18N2O5. The van der Waals surface area contributed by atoms with Crippen molar-refractivity contribution in [1.82, 2.24) is 0 Å². The Balaban J connectivity index is 1.52. The summed E-state index contributed by atoms with van der Waals surface area (Å²) in [6.07, 6.45) is 0. The van der Waals surface area contributed by atoms with Crippen molar-refractivity contribution in [2.45, 2.75) is 0 Å². The molecule has 0 saturated heterocycles. The molecule has 7 heteroatoms. The molecule has 0 saturated carbocycles. The number of benzene rings is 3. The van der Waals surface area contributed by atoms with Crippen LogP contribution < -0.4 is 10.1 Å². The fraction of sp³-hybridized carbons (Fsp3) is 0.0833. The van der Waals surface area contributed by atoms with Crippen molar-refractivity contribution in [2.75, 3.05) is 18.5 Å². The number of nitriles is 1. The lowest BCUT2D eigenvalue weighted by Crippen LogP contribution is -2.24. The minimum Gasteiger partial charge on any atom is -0.482 e. The first-order chi connectivity index (χ1) is 15.1. The minimum atomic E-state index is -0.729. The van der Waals surface area contributed by atoms with E-state index in [1.165, 1.54) is 0 Å². The monoisotopic (exact) mass is 414 g/mol. The standard InChI is InChI=1S/C24H18N2O5/c25-14-17-10-12-19(13-11-17)30-16-23(28)31-15-22(27)26-21-9-5-4-8-20(21)24(29)18-6-2-1-3-7-18/h1-13H,15-16H2,(H,26,27). The van der Waals surface area contributed by atoms with Gasteiger partial charge in [0.1, 0.15) is 5.75 Å². The molecule has 3 aromatic rings. The summed E-state index contributed by atoms with van der Waals surface area (Å²) >= 11 is 0. The Morgan fingerprint density at radius 1 is 0.839 bits per heavy atom. The molecule has 0 bridgehead atoms. The van der Waals surface area contributed by atoms with Gasteiger partial charge in [0.15, 0.2) is 19.0 Å². The molecule has 0 fully saturated rings. The number of nitrogens with one attached hydrogen (secondary N) is 1. The quantitative estimate of drug-likeness (QED) is 0.448. The Morgan fingerprint density at radius 2 is 1.52 bits per heavy atom. The molecule has 0 unspecified atom stereocenters. The maximum absolute atomic E-state index is 12.7. The zero-order valence-electron chi connectivity index (χ0n) is 16.4. The summed E-state index contributed by atoms with van der Waals surface area (Å²) < 4.78 is 10.2. The second-order valence-electron chi connectivity index (χ2n) is 6.37. The molecule has 0 aliphatic carbocycles. The molecular weight excluding hydrogens is 396 g/mol. The number of carbonyl (C=O) groups excluding carboxylic acids is 3. The SMILES string of the molecule is N#Cc1ccc(OCC(=O)OCC(=O)Nc2ccccc2C(=O)c2ccccc2)cc1. The minimum absolute atomic E-state index is 0.232. The van der Waals surface area contributed by atoms with Gasteiger partial charge in [-0.05, 0) is 36.4 Å². The van der Waals surface area contributed by atoms with Gasteiger partial charge in [0.25, 0.3) is 5.91 Å². The predicted octanol–water partition coefficient (Wildman–Crippen LogP) is 3.35. The zero-order valence-corrected chi connectivity index (χ0v) is 16.4. The summed E-state index contributed by atoms with van der Waals surface area (Å²) in [5.41, 5.74) is 1.62. The van der Waals surface area contributed by atoms with Crippen LogP contribution in [0.2, 0.25) is 0 Å². The summed E-state index contributed by atoms with van der Waals surface area (Å²) in [5, 5.41) is 11.4. The third-order valence-electron chi connectivity index (χ3n) is 4.19. The number of carbonyl (C=O) groups is 3. The zero-order chi connectivity index (χ0) is 22.1. The summed E-state index contributed by atoms with van der Waals surface area (Å²) in [4.78, 5) is 36.7. The van der Waals surface area contributed by atoms with Gasteiger partial charge in [-0.1, -0.05) is 42.5 Å². The number of ether oxygens (including phenoxy) is 2. The van der Waals surface area contributed by atoms with Crippen LogP contribution in [0, 0.1) is 11.3 Å². The molecule has 0 heterocycles. The largest absolute Gasteiger partial charge is 0.482 e. The molecule has 0 aliphatic heterocycles. The number of esters is 1. The summed E-state index contributed by atoms with van der Waals surface area (Å²) in [6, 6.07) is 23.5. The van der Waals surface area contributed by atoms with E-state index in [-0.39, 0.29) is 12.4 Å². The third kappa shape index (κ3) is 6.02. The van der Waals surface area contributed by atoms with E-state index in [9.17, 15) is 14.4 Å². The number of anilines is 1. The van der Waals surface area contributed by atoms with Crippen molar-refractivity contribution in [3.63, 3.8) is 0 Å². The summed E-state index contributed by atoms with van der Waals surface area (Å²) in [6.45, 7) is -0.911. The molecule has 3 rings (SSSR count). The fourth-order valence-corrected chi connectivity index (χ4v) is 2.68. The van der Waals surface area contributed by atoms with Crippen LogP contribution in [-0.2, 0) is 14.3 Å². The molecule has 0 radical (unpaired) electrons. The Labute approximate surface area is 178 Å². The van der Waals surface area contributed by atoms with Crippen LogP contribution in [0.15, 0.2) is 78.9 Å². The van der Waals surface area contributed by atoms with E-state index in [1.54, 1.807) is 72.8 Å². The van der Waals surface area contributed by atoms with Crippen molar-refractivity contribution in [1.29, 1.82) is 5.26 Å². The number of ketones is 1. The van der Waals surface area contributed by atoms with Crippen molar-refractivity contribution >= 4 is 23.3 Å². The van der Waals surface area contributed by atoms with E-state index in [0.717, 1.165) is 0 Å². The number of hydrogen-bond donors (Lipinski definition) is 1. The maximum Gasteiger partial charge on any atom is 0.344 e. The topological polar surface area (TPSA) is 105 Å². The highest BCUT2D eigenvalue weighted by Gasteiger charge is 2.15. The molecule has 0 atom stereocenters. The lowest BCUT2D eigenvalue weighted by molar-refractivity contribution is -0.149. The molecule has 0 spiro atoms. The first-order valence-corrected chi connectivity index (χ1v) is 9.34. The van der Waals surface area contributed by atoms with Gasteiger partial charge in [0, 0.05) is 11.1 Å². The lowest BCUT2D eigenvalue weighted by Gasteiger charge is -2.11. The second-order valence-corrected chi connectivity index (χ2v) is 6.37. The number of rotatable bonds is 8. The van der Waals surface area contributed by atoms with Crippen LogP contribution in [0.5, 0.6) is 5.75 Å². The molecule has 0 aliphatic rings. The van der Waals surface area contributed by atoms with Gasteiger partial charge in [-0.3, -0.25) is 9.59 Å². The summed E-state index contributed by atoms with van der Waals surface area (Å²) in [5.74, 6) is -1.15. The van der Waals surface area contributed by atoms with E-state index in [1.807, 2.05) is 12.1 Å². The average Bonchev–Trinajstić information content (AvgIpc) is 2.82. The Kier molecular flexibility index (Phi) is 7.12. The maximum atomic E-state index is 12.7. The Bertz CT molecular complexity index is 1120. The first-order valence-electron chi connectivity index (χ1n) is 9.34. The number of para-hydroxylation sites is 1. The summed E-state index contributed by atoms with van der Waals surface area (Å²) in [7, 11) is 0. The van der Waals surface area contributed by atoms with E-state index in [2.05, 4.69) is 5.32 Å². The third-order valence-corrected chi connectivity index (χ3v) is 4.19. The van der Waals surface area contributed by atoms with E-state index in [0.29, 0.717) is 28.1 Å². The first kappa shape index (κ1) is 21.3. The van der Waals surface area contributed by atoms with E-state index in [4.69, 9.17) is 14.7 Å². The smallest absolute Gasteiger partial charge is 0.344 e. The Hall–Kier alpha value is -4.44. The van der Waals surface area contributed by atoms with Gasteiger partial charge < -0.3 is 14.8 Å². The second kappa shape index (κ2) is 10.4. The normalized spacial score (nSPS) is 9.90. The van der Waals surface area contributed by atoms with Crippen molar-refractivity contribution in [3.8, 4) is 11.8 Å². The highest BCUT2D eigenvalue weighted by molar-refractivity contribution is 6.13. The number of amides is 1. The Morgan fingerprint density at radius 3 is 2.23 bits per heavy atom. The van der Waals surface area contributed by atoms with E-state index < -0.39 is 18.5 Å². The molecule has 1 amide bonds. The van der Waals surface area contributed by atoms with Gasteiger partial charge in [-0.15, -0.1) is 0 Å². The van der Waals surface area contributed by atoms with Crippen molar-refractivity contribution < 1.29 is 23.9 Å². The lowest BCUT2D eigenvalue weighted by atomic mass is 10.0. The van der Waals surface area contributed by atoms with E-state index >= 15 is 0 Å². The number of nitrogens with zero attached hydrogens (tertiary/aromatic N) is 1. The van der Waals surface area contributed by atoms with Crippen LogP contribution in [0.25, 0.3) is 0 Å². The van der Waals surface area contributed by atoms with Gasteiger partial charge in [0.05, 0.1) is 17.3 Å². The van der Waals surface area contributed by atoms with Crippen LogP contribution in [-0.4, -0.2) is 30.9 Å². The molecule has 3 aromatic carbocycles.